The van der Waals surface area contributed by atoms with Crippen LogP contribution >= 0.6 is 0 Å². The van der Waals surface area contributed by atoms with Gasteiger partial charge >= 0.3 is 0 Å². The molecule has 1 heterocycles. The van der Waals surface area contributed by atoms with Crippen molar-refractivity contribution >= 4 is 6.47 Å². The summed E-state index contributed by atoms with van der Waals surface area (Å²) < 4.78 is 0. The molecule has 0 aliphatic carbocycles. The van der Waals surface area contributed by atoms with Crippen molar-refractivity contribution < 1.29 is 9.90 Å². The van der Waals surface area contributed by atoms with Gasteiger partial charge in [0.2, 0.25) is 0 Å². The van der Waals surface area contributed by atoms with Gasteiger partial charge in [-0.05, 0) is 33.4 Å². The molecule has 3 nitrogen and oxygen atoms in total. The van der Waals surface area contributed by atoms with Gasteiger partial charge in [0.05, 0.1) is 0 Å². The van der Waals surface area contributed by atoms with Gasteiger partial charge in [-0.15, -0.1) is 0 Å². The molecule has 0 saturated carbocycles. The zero-order valence-corrected chi connectivity index (χ0v) is 7.73. The van der Waals surface area contributed by atoms with Gasteiger partial charge in [-0.1, -0.05) is 12.2 Å². The Bertz CT molecular complexity index is 145. The van der Waals surface area contributed by atoms with Gasteiger partial charge in [-0.2, -0.15) is 0 Å². The molecule has 0 aromatic rings. The molecule has 1 N–H and O–H groups in total. The number of carbonyl (C=O) groups is 1. The molecule has 1 atom stereocenters. The van der Waals surface area contributed by atoms with Crippen LogP contribution in [0.25, 0.3) is 0 Å². The second-order valence-electron chi connectivity index (χ2n) is 2.82. The van der Waals surface area contributed by atoms with Crippen molar-refractivity contribution in [3.8, 4) is 0 Å². The van der Waals surface area contributed by atoms with Crippen molar-refractivity contribution in [2.75, 3.05) is 13.6 Å². The van der Waals surface area contributed by atoms with E-state index in [0.717, 1.165) is 6.04 Å². The van der Waals surface area contributed by atoms with E-state index in [1.54, 1.807) is 0 Å². The molecule has 1 fully saturated rings. The Morgan fingerprint density at radius 3 is 2.50 bits per heavy atom. The highest BCUT2D eigenvalue weighted by molar-refractivity contribution is 5.32. The Morgan fingerprint density at radius 2 is 2.17 bits per heavy atom. The van der Waals surface area contributed by atoms with Crippen LogP contribution in [0.15, 0.2) is 12.2 Å². The van der Waals surface area contributed by atoms with E-state index in [0.29, 0.717) is 0 Å². The van der Waals surface area contributed by atoms with Gasteiger partial charge < -0.3 is 5.11 Å². The topological polar surface area (TPSA) is 40.5 Å². The van der Waals surface area contributed by atoms with Crippen molar-refractivity contribution in [1.82, 2.24) is 4.90 Å². The monoisotopic (exact) mass is 171 g/mol. The Balaban J connectivity index is 0.000000354. The highest BCUT2D eigenvalue weighted by atomic mass is 16.3. The lowest BCUT2D eigenvalue weighted by molar-refractivity contribution is -0.122. The Morgan fingerprint density at radius 1 is 1.58 bits per heavy atom. The predicted octanol–water partition coefficient (Wildman–Crippen LogP) is 1.36. The molecule has 1 rings (SSSR count). The zero-order valence-electron chi connectivity index (χ0n) is 7.73. The fourth-order valence-electron chi connectivity index (χ4n) is 1.40. The third kappa shape index (κ3) is 4.13. The first-order valence-corrected chi connectivity index (χ1v) is 4.17. The number of likely N-dealkylation sites (N-methyl/N-ethyl adjacent to an activating group) is 1. The van der Waals surface area contributed by atoms with E-state index >= 15 is 0 Å². The number of likely N-dealkylation sites (tertiary alicyclic amines) is 1. The number of hydrogen-bond donors (Lipinski definition) is 1. The smallest absolute Gasteiger partial charge is 0.290 e. The molecule has 0 amide bonds. The first-order valence-electron chi connectivity index (χ1n) is 4.17. The van der Waals surface area contributed by atoms with Gasteiger partial charge in [-0.25, -0.2) is 0 Å². The number of rotatable bonds is 1. The fraction of sp³-hybridized carbons (Fsp3) is 0.667. The van der Waals surface area contributed by atoms with Crippen molar-refractivity contribution in [2.45, 2.75) is 25.8 Å². The second kappa shape index (κ2) is 6.85. The quantitative estimate of drug-likeness (QED) is 0.478. The van der Waals surface area contributed by atoms with Crippen LogP contribution in [0.5, 0.6) is 0 Å². The highest BCUT2D eigenvalue weighted by Gasteiger charge is 2.16. The van der Waals surface area contributed by atoms with Crippen molar-refractivity contribution in [3.63, 3.8) is 0 Å². The summed E-state index contributed by atoms with van der Waals surface area (Å²) in [6, 6.07) is 0.731. The first kappa shape index (κ1) is 11.2. The molecule has 1 aliphatic heterocycles. The SMILES string of the molecule is C/C=C/C1CCCN1C.O=CO. The third-order valence-electron chi connectivity index (χ3n) is 1.99. The highest BCUT2D eigenvalue weighted by Crippen LogP contribution is 2.14. The minimum Gasteiger partial charge on any atom is -0.483 e. The molecule has 0 bridgehead atoms. The van der Waals surface area contributed by atoms with Crippen LogP contribution in [0.2, 0.25) is 0 Å². The van der Waals surface area contributed by atoms with Gasteiger partial charge in [0.25, 0.3) is 6.47 Å². The summed E-state index contributed by atoms with van der Waals surface area (Å²) in [5.41, 5.74) is 0. The van der Waals surface area contributed by atoms with Crippen LogP contribution in [0.4, 0.5) is 0 Å². The summed E-state index contributed by atoms with van der Waals surface area (Å²) in [6.07, 6.45) is 7.14. The number of allylic oxidation sites excluding steroid dienone is 1. The summed E-state index contributed by atoms with van der Waals surface area (Å²) in [5, 5.41) is 6.89. The molecule has 0 aromatic heterocycles. The van der Waals surface area contributed by atoms with Crippen molar-refractivity contribution in [1.29, 1.82) is 0 Å². The molecule has 1 aliphatic rings. The Labute approximate surface area is 73.7 Å². The van der Waals surface area contributed by atoms with E-state index in [1.807, 2.05) is 0 Å². The van der Waals surface area contributed by atoms with E-state index in [9.17, 15) is 0 Å². The molecule has 0 aromatic carbocycles. The average molecular weight is 171 g/mol. The van der Waals surface area contributed by atoms with Crippen LogP contribution < -0.4 is 0 Å². The number of nitrogens with zero attached hydrogens (tertiary/aromatic N) is 1. The summed E-state index contributed by atoms with van der Waals surface area (Å²) >= 11 is 0. The van der Waals surface area contributed by atoms with E-state index in [1.165, 1.54) is 19.4 Å². The maximum absolute atomic E-state index is 8.36. The predicted molar refractivity (Wildman–Crippen MR) is 49.2 cm³/mol. The maximum Gasteiger partial charge on any atom is 0.290 e. The summed E-state index contributed by atoms with van der Waals surface area (Å²) in [7, 11) is 2.19. The first-order chi connectivity index (χ1) is 5.76. The molecule has 1 unspecified atom stereocenters. The minimum absolute atomic E-state index is 0.250. The largest absolute Gasteiger partial charge is 0.483 e. The molecule has 12 heavy (non-hydrogen) atoms. The summed E-state index contributed by atoms with van der Waals surface area (Å²) in [6.45, 7) is 3.11. The number of carboxylic acid groups (broad SMARTS) is 1. The lowest BCUT2D eigenvalue weighted by Gasteiger charge is -2.14. The van der Waals surface area contributed by atoms with E-state index in [4.69, 9.17) is 9.90 Å². The van der Waals surface area contributed by atoms with Crippen molar-refractivity contribution in [2.24, 2.45) is 0 Å². The van der Waals surface area contributed by atoms with Crippen LogP contribution in [-0.2, 0) is 4.79 Å². The molecule has 0 radical (unpaired) electrons. The molecule has 1 saturated heterocycles. The standard InChI is InChI=1S/C8H15N.CH2O2/c1-3-5-8-6-4-7-9(8)2;2-1-3/h3,5,8H,4,6-7H2,1-2H3;1H,(H,2,3)/b5-3+;. The van der Waals surface area contributed by atoms with E-state index in [2.05, 4.69) is 31.0 Å². The third-order valence-corrected chi connectivity index (χ3v) is 1.99. The molecule has 70 valence electrons. The Kier molecular flexibility index (Phi) is 6.38. The summed E-state index contributed by atoms with van der Waals surface area (Å²) in [4.78, 5) is 10.8. The van der Waals surface area contributed by atoms with Crippen LogP contribution in [-0.4, -0.2) is 36.1 Å². The van der Waals surface area contributed by atoms with Crippen molar-refractivity contribution in [3.05, 3.63) is 12.2 Å². The lowest BCUT2D eigenvalue weighted by atomic mass is 10.2. The minimum atomic E-state index is -0.250. The number of hydrogen-bond acceptors (Lipinski definition) is 2. The van der Waals surface area contributed by atoms with Gasteiger partial charge in [0.1, 0.15) is 0 Å². The fourth-order valence-corrected chi connectivity index (χ4v) is 1.40. The second-order valence-corrected chi connectivity index (χ2v) is 2.82. The van der Waals surface area contributed by atoms with Gasteiger partial charge in [-0.3, -0.25) is 9.69 Å². The molecular weight excluding hydrogens is 154 g/mol. The molecular formula is C9H17NO2. The van der Waals surface area contributed by atoms with Crippen LogP contribution in [0, 0.1) is 0 Å². The van der Waals surface area contributed by atoms with E-state index < -0.39 is 0 Å². The normalized spacial score (nSPS) is 23.7. The van der Waals surface area contributed by atoms with Crippen LogP contribution in [0.3, 0.4) is 0 Å². The zero-order chi connectivity index (χ0) is 9.40. The van der Waals surface area contributed by atoms with Gasteiger partial charge in [0.15, 0.2) is 0 Å². The lowest BCUT2D eigenvalue weighted by Crippen LogP contribution is -2.22. The van der Waals surface area contributed by atoms with Gasteiger partial charge in [0, 0.05) is 6.04 Å². The molecule has 3 heteroatoms. The summed E-state index contributed by atoms with van der Waals surface area (Å²) in [5.74, 6) is 0. The Hall–Kier alpha value is -0.830. The molecule has 0 spiro atoms. The average Bonchev–Trinajstić information content (AvgIpc) is 2.39. The maximum atomic E-state index is 8.36. The van der Waals surface area contributed by atoms with Crippen LogP contribution in [0.1, 0.15) is 19.8 Å². The van der Waals surface area contributed by atoms with E-state index in [-0.39, 0.29) is 6.47 Å².